The Morgan fingerprint density at radius 3 is 1.83 bits per heavy atom. The van der Waals surface area contributed by atoms with Crippen LogP contribution in [0.5, 0.6) is 17.2 Å². The van der Waals surface area contributed by atoms with Crippen LogP contribution in [-0.2, 0) is 13.1 Å². The maximum Gasteiger partial charge on any atom is 0.203 e. The van der Waals surface area contributed by atoms with Crippen molar-refractivity contribution in [1.29, 1.82) is 0 Å². The Morgan fingerprint density at radius 2 is 1.33 bits per heavy atom. The summed E-state index contributed by atoms with van der Waals surface area (Å²) in [7, 11) is 4.87. The number of hydrogen-bond donors (Lipinski definition) is 1. The van der Waals surface area contributed by atoms with Gasteiger partial charge in [0.15, 0.2) is 11.5 Å². The van der Waals surface area contributed by atoms with Gasteiger partial charge in [-0.1, -0.05) is 18.2 Å². The van der Waals surface area contributed by atoms with Crippen LogP contribution in [0.2, 0.25) is 0 Å². The van der Waals surface area contributed by atoms with E-state index in [1.807, 2.05) is 12.1 Å². The minimum atomic E-state index is 0. The molecule has 5 heteroatoms. The van der Waals surface area contributed by atoms with Gasteiger partial charge in [-0.25, -0.2) is 0 Å². The standard InChI is InChI=1S/C19H25NO3.ClH/c1-13-6-7-15(8-14(13)2)11-20-12-16-9-17(21-3)19(23-5)18(10-16)22-4;/h6-10,20H,11-12H2,1-5H3;1H. The fraction of sp³-hybridized carbons (Fsp3) is 0.368. The highest BCUT2D eigenvalue weighted by atomic mass is 35.5. The van der Waals surface area contributed by atoms with Crippen LogP contribution in [-0.4, -0.2) is 21.3 Å². The Kier molecular flexibility index (Phi) is 7.89. The van der Waals surface area contributed by atoms with Gasteiger partial charge in [-0.05, 0) is 48.2 Å². The van der Waals surface area contributed by atoms with E-state index in [1.165, 1.54) is 16.7 Å². The third-order valence-electron chi connectivity index (χ3n) is 3.95. The summed E-state index contributed by atoms with van der Waals surface area (Å²) in [6.45, 7) is 5.81. The Morgan fingerprint density at radius 1 is 0.750 bits per heavy atom. The maximum atomic E-state index is 5.38. The first-order chi connectivity index (χ1) is 11.1. The lowest BCUT2D eigenvalue weighted by Crippen LogP contribution is -2.13. The molecule has 0 atom stereocenters. The molecule has 132 valence electrons. The van der Waals surface area contributed by atoms with Crippen molar-refractivity contribution in [3.8, 4) is 17.2 Å². The first-order valence-electron chi connectivity index (χ1n) is 7.64. The van der Waals surface area contributed by atoms with Crippen LogP contribution in [0.3, 0.4) is 0 Å². The molecule has 0 aliphatic carbocycles. The fourth-order valence-corrected chi connectivity index (χ4v) is 2.50. The normalized spacial score (nSPS) is 10.0. The zero-order valence-electron chi connectivity index (χ0n) is 14.9. The minimum absolute atomic E-state index is 0. The molecule has 0 unspecified atom stereocenters. The van der Waals surface area contributed by atoms with Gasteiger partial charge in [-0.15, -0.1) is 12.4 Å². The smallest absolute Gasteiger partial charge is 0.203 e. The second kappa shape index (κ2) is 9.40. The van der Waals surface area contributed by atoms with Gasteiger partial charge in [0.2, 0.25) is 5.75 Å². The molecule has 2 rings (SSSR count). The van der Waals surface area contributed by atoms with Crippen LogP contribution in [0, 0.1) is 13.8 Å². The van der Waals surface area contributed by atoms with Crippen molar-refractivity contribution in [2.45, 2.75) is 26.9 Å². The van der Waals surface area contributed by atoms with Crippen molar-refractivity contribution in [1.82, 2.24) is 5.32 Å². The third-order valence-corrected chi connectivity index (χ3v) is 3.95. The monoisotopic (exact) mass is 351 g/mol. The van der Waals surface area contributed by atoms with E-state index in [4.69, 9.17) is 14.2 Å². The van der Waals surface area contributed by atoms with Crippen LogP contribution >= 0.6 is 12.4 Å². The predicted molar refractivity (Wildman–Crippen MR) is 99.8 cm³/mol. The molecule has 24 heavy (non-hydrogen) atoms. The van der Waals surface area contributed by atoms with Gasteiger partial charge < -0.3 is 19.5 Å². The first kappa shape index (κ1) is 20.1. The average molecular weight is 352 g/mol. The van der Waals surface area contributed by atoms with Crippen LogP contribution in [0.25, 0.3) is 0 Å². The molecule has 1 N–H and O–H groups in total. The van der Waals surface area contributed by atoms with Gasteiger partial charge in [0.1, 0.15) is 0 Å². The summed E-state index contributed by atoms with van der Waals surface area (Å²) < 4.78 is 16.1. The molecule has 0 bridgehead atoms. The van der Waals surface area contributed by atoms with Crippen molar-refractivity contribution in [2.24, 2.45) is 0 Å². The van der Waals surface area contributed by atoms with Crippen LogP contribution in [0.1, 0.15) is 22.3 Å². The third kappa shape index (κ3) is 4.79. The van der Waals surface area contributed by atoms with Gasteiger partial charge in [-0.2, -0.15) is 0 Å². The zero-order valence-corrected chi connectivity index (χ0v) is 15.8. The molecular formula is C19H26ClNO3. The molecule has 0 amide bonds. The van der Waals surface area contributed by atoms with Crippen molar-refractivity contribution in [3.05, 3.63) is 52.6 Å². The van der Waals surface area contributed by atoms with E-state index in [2.05, 4.69) is 37.4 Å². The first-order valence-corrected chi connectivity index (χ1v) is 7.64. The lowest BCUT2D eigenvalue weighted by atomic mass is 10.1. The summed E-state index contributed by atoms with van der Waals surface area (Å²) in [5, 5.41) is 3.45. The molecule has 0 radical (unpaired) electrons. The second-order valence-electron chi connectivity index (χ2n) is 5.56. The topological polar surface area (TPSA) is 39.7 Å². The van der Waals surface area contributed by atoms with E-state index in [0.717, 1.165) is 18.7 Å². The number of ether oxygens (including phenoxy) is 3. The number of aryl methyl sites for hydroxylation is 2. The van der Waals surface area contributed by atoms with E-state index < -0.39 is 0 Å². The van der Waals surface area contributed by atoms with E-state index in [-0.39, 0.29) is 12.4 Å². The van der Waals surface area contributed by atoms with Gasteiger partial charge in [0, 0.05) is 13.1 Å². The molecule has 2 aromatic carbocycles. The molecule has 0 saturated carbocycles. The van der Waals surface area contributed by atoms with Crippen molar-refractivity contribution in [3.63, 3.8) is 0 Å². The second-order valence-corrected chi connectivity index (χ2v) is 5.56. The number of hydrogen-bond acceptors (Lipinski definition) is 4. The highest BCUT2D eigenvalue weighted by molar-refractivity contribution is 5.85. The van der Waals surface area contributed by atoms with E-state index >= 15 is 0 Å². The molecule has 0 aliphatic heterocycles. The summed E-state index contributed by atoms with van der Waals surface area (Å²) >= 11 is 0. The number of benzene rings is 2. The number of rotatable bonds is 7. The molecular weight excluding hydrogens is 326 g/mol. The highest BCUT2D eigenvalue weighted by Crippen LogP contribution is 2.38. The summed E-state index contributed by atoms with van der Waals surface area (Å²) in [6.07, 6.45) is 0. The summed E-state index contributed by atoms with van der Waals surface area (Å²) in [5.74, 6) is 1.97. The summed E-state index contributed by atoms with van der Waals surface area (Å²) in [5.41, 5.74) is 5.00. The predicted octanol–water partition coefficient (Wildman–Crippen LogP) is 4.04. The van der Waals surface area contributed by atoms with Gasteiger partial charge in [0.05, 0.1) is 21.3 Å². The quantitative estimate of drug-likeness (QED) is 0.817. The van der Waals surface area contributed by atoms with E-state index in [9.17, 15) is 0 Å². The average Bonchev–Trinajstić information content (AvgIpc) is 2.57. The number of halogens is 1. The van der Waals surface area contributed by atoms with Crippen molar-refractivity contribution >= 4 is 12.4 Å². The highest BCUT2D eigenvalue weighted by Gasteiger charge is 2.12. The summed E-state index contributed by atoms with van der Waals surface area (Å²) in [6, 6.07) is 10.5. The van der Waals surface area contributed by atoms with Crippen molar-refractivity contribution < 1.29 is 14.2 Å². The zero-order chi connectivity index (χ0) is 16.8. The van der Waals surface area contributed by atoms with E-state index in [1.54, 1.807) is 21.3 Å². The minimum Gasteiger partial charge on any atom is -0.493 e. The van der Waals surface area contributed by atoms with Crippen LogP contribution in [0.15, 0.2) is 30.3 Å². The molecule has 0 heterocycles. The lowest BCUT2D eigenvalue weighted by molar-refractivity contribution is 0.323. The molecule has 0 spiro atoms. The molecule has 0 aliphatic rings. The Labute approximate surface area is 150 Å². The molecule has 0 saturated heterocycles. The van der Waals surface area contributed by atoms with Crippen LogP contribution < -0.4 is 19.5 Å². The Bertz CT molecular complexity index is 649. The molecule has 0 fully saturated rings. The summed E-state index contributed by atoms with van der Waals surface area (Å²) in [4.78, 5) is 0. The largest absolute Gasteiger partial charge is 0.493 e. The van der Waals surface area contributed by atoms with Gasteiger partial charge >= 0.3 is 0 Å². The SMILES string of the molecule is COc1cc(CNCc2ccc(C)c(C)c2)cc(OC)c1OC.Cl. The van der Waals surface area contributed by atoms with E-state index in [0.29, 0.717) is 17.2 Å². The van der Waals surface area contributed by atoms with Gasteiger partial charge in [-0.3, -0.25) is 0 Å². The van der Waals surface area contributed by atoms with Crippen molar-refractivity contribution in [2.75, 3.05) is 21.3 Å². The number of nitrogens with one attached hydrogen (secondary N) is 1. The number of methoxy groups -OCH3 is 3. The molecule has 0 aromatic heterocycles. The Hall–Kier alpha value is -1.91. The lowest BCUT2D eigenvalue weighted by Gasteiger charge is -2.14. The fourth-order valence-electron chi connectivity index (χ4n) is 2.50. The maximum absolute atomic E-state index is 5.38. The van der Waals surface area contributed by atoms with Gasteiger partial charge in [0.25, 0.3) is 0 Å². The molecule has 2 aromatic rings. The van der Waals surface area contributed by atoms with Crippen LogP contribution in [0.4, 0.5) is 0 Å². The Balaban J connectivity index is 0.00000288. The molecule has 4 nitrogen and oxygen atoms in total.